The summed E-state index contributed by atoms with van der Waals surface area (Å²) in [6.07, 6.45) is -6.53. The largest absolute Gasteiger partial charge is 0.290 e. The fourth-order valence-corrected chi connectivity index (χ4v) is 17.6. The van der Waals surface area contributed by atoms with Crippen molar-refractivity contribution in [3.63, 3.8) is 0 Å². The maximum Gasteiger partial charge on any atom is 0.200 e. The lowest BCUT2D eigenvalue weighted by atomic mass is 9.12. The number of hydrogen-bond donors (Lipinski definition) is 0. The van der Waals surface area contributed by atoms with Gasteiger partial charge in [-0.2, -0.15) is 0 Å². The van der Waals surface area contributed by atoms with Crippen LogP contribution in [0.5, 0.6) is 0 Å². The Labute approximate surface area is 369 Å². The summed E-state index contributed by atoms with van der Waals surface area (Å²) in [6, 6.07) is 9.78. The number of halogens is 20. The average Bonchev–Trinajstić information content (AvgIpc) is 3.24. The SMILES string of the molecule is CC(C)(C)[P+](CC(=O)c1ccccc1)(C(C)(C)C)C(C)(C)C.Fc1c(F)c(F)c([B-](c2c(F)c(F)c(F)c(F)c2F)(c2c(F)c(F)c(F)c(F)c2F)c2c(F)c(F)c(F)c(F)c2F)c(F)c1F. The van der Waals surface area contributed by atoms with Crippen molar-refractivity contribution in [2.45, 2.75) is 77.8 Å². The van der Waals surface area contributed by atoms with Crippen LogP contribution >= 0.6 is 7.26 Å². The van der Waals surface area contributed by atoms with Gasteiger partial charge in [0.15, 0.2) is 75.6 Å². The molecule has 0 saturated carbocycles. The van der Waals surface area contributed by atoms with E-state index in [1.807, 2.05) is 30.3 Å². The van der Waals surface area contributed by atoms with Crippen LogP contribution in [0.1, 0.15) is 72.7 Å². The van der Waals surface area contributed by atoms with Gasteiger partial charge in [-0.3, -0.25) is 4.79 Å². The van der Waals surface area contributed by atoms with Crippen LogP contribution in [0.3, 0.4) is 0 Å². The van der Waals surface area contributed by atoms with Crippen molar-refractivity contribution in [2.75, 3.05) is 6.16 Å². The van der Waals surface area contributed by atoms with Crippen molar-refractivity contribution in [1.29, 1.82) is 0 Å². The molecule has 0 aliphatic heterocycles. The summed E-state index contributed by atoms with van der Waals surface area (Å²) in [7, 11) is -1.62. The third-order valence-electron chi connectivity index (χ3n) is 11.6. The van der Waals surface area contributed by atoms with Crippen molar-refractivity contribution < 1.29 is 92.6 Å². The highest BCUT2D eigenvalue weighted by Crippen LogP contribution is 2.83. The summed E-state index contributed by atoms with van der Waals surface area (Å²) >= 11 is 0. The Kier molecular flexibility index (Phi) is 15.0. The van der Waals surface area contributed by atoms with E-state index in [0.717, 1.165) is 5.56 Å². The first-order valence-corrected chi connectivity index (χ1v) is 21.1. The zero-order valence-corrected chi connectivity index (χ0v) is 37.0. The molecule has 0 N–H and O–H groups in total. The van der Waals surface area contributed by atoms with Crippen LogP contribution < -0.4 is 21.9 Å². The van der Waals surface area contributed by atoms with Crippen LogP contribution in [0, 0.1) is 116 Å². The van der Waals surface area contributed by atoms with Gasteiger partial charge in [0.25, 0.3) is 0 Å². The third kappa shape index (κ3) is 8.36. The normalized spacial score (nSPS) is 12.7. The predicted octanol–water partition coefficient (Wildman–Crippen LogP) is 12.1. The highest BCUT2D eigenvalue weighted by Gasteiger charge is 2.65. The molecule has 0 radical (unpaired) electrons. The van der Waals surface area contributed by atoms with E-state index < -0.39 is 152 Å². The van der Waals surface area contributed by atoms with Gasteiger partial charge in [-0.15, -0.1) is 21.9 Å². The number of hydrogen-bond acceptors (Lipinski definition) is 1. The molecule has 0 aliphatic rings. The molecule has 0 spiro atoms. The topological polar surface area (TPSA) is 17.1 Å². The lowest BCUT2D eigenvalue weighted by molar-refractivity contribution is 0.101. The van der Waals surface area contributed by atoms with E-state index in [1.165, 1.54) is 0 Å². The van der Waals surface area contributed by atoms with Gasteiger partial charge in [-0.1, -0.05) is 30.3 Å². The lowest BCUT2D eigenvalue weighted by Crippen LogP contribution is -2.81. The fourth-order valence-electron chi connectivity index (χ4n) is 9.54. The number of Topliss-reactive ketones (excluding diaryl/α,β-unsaturated/α-hetero) is 1. The van der Waals surface area contributed by atoms with E-state index in [1.54, 1.807) is 0 Å². The Morgan fingerprint density at radius 1 is 0.343 bits per heavy atom. The van der Waals surface area contributed by atoms with Crippen molar-refractivity contribution in [1.82, 2.24) is 0 Å². The highest BCUT2D eigenvalue weighted by atomic mass is 31.2. The molecule has 0 fully saturated rings. The van der Waals surface area contributed by atoms with E-state index in [9.17, 15) is 57.5 Å². The first-order valence-electron chi connectivity index (χ1n) is 19.1. The van der Waals surface area contributed by atoms with Gasteiger partial charge >= 0.3 is 0 Å². The second-order valence-corrected chi connectivity index (χ2v) is 24.0. The molecule has 0 heterocycles. The van der Waals surface area contributed by atoms with Crippen LogP contribution in [-0.2, 0) is 0 Å². The highest BCUT2D eigenvalue weighted by molar-refractivity contribution is 7.80. The fraction of sp³-hybridized carbons (Fsp3) is 0.295. The lowest BCUT2D eigenvalue weighted by Gasteiger charge is -2.54. The number of carbonyl (C=O) groups is 1. The molecule has 5 rings (SSSR count). The minimum atomic E-state index is -7.22. The molecule has 0 atom stereocenters. The molecule has 5 aromatic carbocycles. The Bertz CT molecular complexity index is 2380. The van der Waals surface area contributed by atoms with E-state index >= 15 is 35.1 Å². The molecule has 0 aromatic heterocycles. The average molecular weight is 1000 g/mol. The molecule has 5 aromatic rings. The minimum Gasteiger partial charge on any atom is -0.290 e. The van der Waals surface area contributed by atoms with Crippen molar-refractivity contribution in [3.05, 3.63) is 152 Å². The molecule has 0 unspecified atom stereocenters. The quantitative estimate of drug-likeness (QED) is 0.0397. The summed E-state index contributed by atoms with van der Waals surface area (Å²) in [6.45, 7) is 21.0. The molecule has 364 valence electrons. The monoisotopic (exact) mass is 1000 g/mol. The Morgan fingerprint density at radius 2 is 0.522 bits per heavy atom. The van der Waals surface area contributed by atoms with Crippen LogP contribution in [0.15, 0.2) is 30.3 Å². The summed E-state index contributed by atoms with van der Waals surface area (Å²) in [5, 5.41) is 0.399. The van der Waals surface area contributed by atoms with Crippen LogP contribution in [-0.4, -0.2) is 33.6 Å². The van der Waals surface area contributed by atoms with Gasteiger partial charge in [0, 0.05) is 12.8 Å². The van der Waals surface area contributed by atoms with Gasteiger partial charge in [-0.05, 0) is 62.3 Å². The third-order valence-corrected chi connectivity index (χ3v) is 19.3. The Morgan fingerprint density at radius 3 is 0.701 bits per heavy atom. The number of benzene rings is 5. The van der Waals surface area contributed by atoms with Gasteiger partial charge in [-0.25, -0.2) is 87.8 Å². The Hall–Kier alpha value is -5.14. The van der Waals surface area contributed by atoms with E-state index in [2.05, 4.69) is 62.3 Å². The zero-order valence-electron chi connectivity index (χ0n) is 36.1. The van der Waals surface area contributed by atoms with Gasteiger partial charge in [0.05, 0.1) is 15.5 Å². The second kappa shape index (κ2) is 18.4. The molecule has 23 heteroatoms. The summed E-state index contributed by atoms with van der Waals surface area (Å²) in [5.74, 6) is -71.1. The minimum absolute atomic E-state index is 0.133. The molecule has 0 saturated heterocycles. The van der Waals surface area contributed by atoms with Crippen LogP contribution in [0.2, 0.25) is 0 Å². The summed E-state index contributed by atoms with van der Waals surface area (Å²) < 4.78 is 294. The van der Waals surface area contributed by atoms with E-state index in [0.29, 0.717) is 11.9 Å². The number of rotatable bonds is 7. The van der Waals surface area contributed by atoms with Gasteiger partial charge in [0.1, 0.15) is 58.8 Å². The summed E-state index contributed by atoms with van der Waals surface area (Å²) in [5.41, 5.74) is -13.5. The summed E-state index contributed by atoms with van der Waals surface area (Å²) in [4.78, 5) is 13.0. The van der Waals surface area contributed by atoms with Crippen LogP contribution in [0.25, 0.3) is 0 Å². The first kappa shape index (κ1) is 54.5. The number of carbonyl (C=O) groups excluding carboxylic acids is 1. The second-order valence-electron chi connectivity index (χ2n) is 18.1. The number of ketones is 1. The first-order chi connectivity index (χ1) is 30.4. The molecule has 67 heavy (non-hydrogen) atoms. The van der Waals surface area contributed by atoms with Crippen LogP contribution in [0.4, 0.5) is 87.8 Å². The molecule has 1 nitrogen and oxygen atoms in total. The van der Waals surface area contributed by atoms with Gasteiger partial charge in [0.2, 0.25) is 0 Å². The standard InChI is InChI=1S/C24BF20.C20H34OP/c26-5-1(6(27)14(35)21(42)13(5)34)25(2-7(28)15(36)22(43)16(37)8(2)29,3-9(30)17(38)23(44)18(39)10(3)31)4-11(32)19(40)24(45)20(41)12(4)33;1-18(2,3)22(19(4,5)6,20(7,8)9)15-17(21)16-13-11-10-12-14-16/h;10-14H,15H2,1-9H3/q-1;+1. The van der Waals surface area contributed by atoms with Crippen molar-refractivity contribution in [3.8, 4) is 0 Å². The predicted molar refractivity (Wildman–Crippen MR) is 211 cm³/mol. The maximum absolute atomic E-state index is 15.4. The van der Waals surface area contributed by atoms with Crippen molar-refractivity contribution in [2.24, 2.45) is 0 Å². The van der Waals surface area contributed by atoms with E-state index in [4.69, 9.17) is 0 Å². The molecule has 0 aliphatic carbocycles. The Balaban J connectivity index is 0.000000374. The molecular formula is C44H34BF20OP. The molecule has 0 amide bonds. The van der Waals surface area contributed by atoms with Gasteiger partial charge < -0.3 is 0 Å². The smallest absolute Gasteiger partial charge is 0.200 e. The molecular weight excluding hydrogens is 966 g/mol. The zero-order chi connectivity index (χ0) is 51.8. The maximum atomic E-state index is 15.4. The van der Waals surface area contributed by atoms with Crippen molar-refractivity contribution >= 4 is 41.0 Å². The van der Waals surface area contributed by atoms with E-state index in [-0.39, 0.29) is 15.5 Å². The molecule has 0 bridgehead atoms.